The van der Waals surface area contributed by atoms with Crippen molar-refractivity contribution in [3.05, 3.63) is 70.7 Å². The van der Waals surface area contributed by atoms with Gasteiger partial charge in [-0.05, 0) is 30.7 Å². The Balaban J connectivity index is 1.79. The molecule has 0 fully saturated rings. The highest BCUT2D eigenvalue weighted by molar-refractivity contribution is 7.98. The largest absolute Gasteiger partial charge is 0.240 e. The van der Waals surface area contributed by atoms with Gasteiger partial charge in [-0.3, -0.25) is 0 Å². The Morgan fingerprint density at radius 3 is 2.50 bits per heavy atom. The minimum absolute atomic E-state index is 0.0420. The Bertz CT molecular complexity index is 779. The third-order valence-electron chi connectivity index (χ3n) is 3.20. The second kappa shape index (κ2) is 6.58. The zero-order valence-corrected chi connectivity index (χ0v) is 13.5. The Morgan fingerprint density at radius 2 is 1.77 bits per heavy atom. The van der Waals surface area contributed by atoms with Gasteiger partial charge in [0.05, 0.1) is 11.3 Å². The van der Waals surface area contributed by atoms with Crippen molar-refractivity contribution in [1.82, 2.24) is 4.98 Å². The van der Waals surface area contributed by atoms with Gasteiger partial charge >= 0.3 is 0 Å². The van der Waals surface area contributed by atoms with E-state index in [1.807, 2.05) is 17.5 Å². The van der Waals surface area contributed by atoms with E-state index >= 15 is 0 Å². The van der Waals surface area contributed by atoms with Crippen molar-refractivity contribution in [2.75, 3.05) is 0 Å². The number of hydrogen-bond donors (Lipinski definition) is 0. The van der Waals surface area contributed by atoms with E-state index in [1.165, 1.54) is 40.0 Å². The molecule has 5 heteroatoms. The van der Waals surface area contributed by atoms with Gasteiger partial charge in [-0.2, -0.15) is 0 Å². The van der Waals surface area contributed by atoms with Crippen molar-refractivity contribution in [2.24, 2.45) is 0 Å². The van der Waals surface area contributed by atoms with E-state index in [4.69, 9.17) is 0 Å². The van der Waals surface area contributed by atoms with Gasteiger partial charge < -0.3 is 0 Å². The first-order valence-corrected chi connectivity index (χ1v) is 8.59. The van der Waals surface area contributed by atoms with Crippen molar-refractivity contribution in [2.45, 2.75) is 17.6 Å². The van der Waals surface area contributed by atoms with E-state index in [9.17, 15) is 8.78 Å². The minimum Gasteiger partial charge on any atom is -0.240 e. The van der Waals surface area contributed by atoms with Gasteiger partial charge in [-0.15, -0.1) is 23.1 Å². The molecule has 1 nitrogen and oxygen atoms in total. The van der Waals surface area contributed by atoms with E-state index in [2.05, 4.69) is 24.0 Å². The van der Waals surface area contributed by atoms with Crippen molar-refractivity contribution in [1.29, 1.82) is 0 Å². The lowest BCUT2D eigenvalue weighted by Gasteiger charge is -2.03. The maximum absolute atomic E-state index is 13.8. The van der Waals surface area contributed by atoms with Crippen LogP contribution in [-0.4, -0.2) is 4.98 Å². The second-order valence-electron chi connectivity index (χ2n) is 4.79. The van der Waals surface area contributed by atoms with E-state index in [0.717, 1.165) is 5.69 Å². The first kappa shape index (κ1) is 15.2. The number of thiazole rings is 1. The summed E-state index contributed by atoms with van der Waals surface area (Å²) in [6.45, 7) is 2.06. The summed E-state index contributed by atoms with van der Waals surface area (Å²) < 4.78 is 27.5. The number of nitrogens with zero attached hydrogens (tertiary/aromatic N) is 1. The summed E-state index contributed by atoms with van der Waals surface area (Å²) in [7, 11) is 0. The van der Waals surface area contributed by atoms with Gasteiger partial charge in [0, 0.05) is 16.0 Å². The Morgan fingerprint density at radius 1 is 1.05 bits per heavy atom. The topological polar surface area (TPSA) is 12.9 Å². The van der Waals surface area contributed by atoms with Gasteiger partial charge in [0.1, 0.15) is 16.6 Å². The molecule has 3 rings (SSSR count). The van der Waals surface area contributed by atoms with Crippen LogP contribution < -0.4 is 0 Å². The SMILES string of the molecule is Cc1ccccc1SCc1csc(-c2c(F)cccc2F)n1. The number of aryl methyl sites for hydroxylation is 1. The molecule has 22 heavy (non-hydrogen) atoms. The fraction of sp³-hybridized carbons (Fsp3) is 0.118. The highest BCUT2D eigenvalue weighted by atomic mass is 32.2. The number of rotatable bonds is 4. The van der Waals surface area contributed by atoms with Gasteiger partial charge in [0.2, 0.25) is 0 Å². The molecule has 0 unspecified atom stereocenters. The van der Waals surface area contributed by atoms with Crippen LogP contribution in [0.5, 0.6) is 0 Å². The molecule has 112 valence electrons. The molecule has 0 aliphatic carbocycles. The Labute approximate surface area is 136 Å². The van der Waals surface area contributed by atoms with Crippen LogP contribution in [0.1, 0.15) is 11.3 Å². The maximum Gasteiger partial charge on any atom is 0.136 e. The molecule has 3 aromatic rings. The van der Waals surface area contributed by atoms with Crippen LogP contribution in [0.4, 0.5) is 8.78 Å². The van der Waals surface area contributed by atoms with Gasteiger partial charge in [-0.1, -0.05) is 24.3 Å². The summed E-state index contributed by atoms with van der Waals surface area (Å²) >= 11 is 2.94. The lowest BCUT2D eigenvalue weighted by molar-refractivity contribution is 0.589. The number of aromatic nitrogens is 1. The van der Waals surface area contributed by atoms with E-state index < -0.39 is 11.6 Å². The lowest BCUT2D eigenvalue weighted by Crippen LogP contribution is -1.90. The third-order valence-corrected chi connectivity index (χ3v) is 5.32. The monoisotopic (exact) mass is 333 g/mol. The molecule has 1 aromatic heterocycles. The summed E-state index contributed by atoms with van der Waals surface area (Å²) in [4.78, 5) is 5.55. The fourth-order valence-electron chi connectivity index (χ4n) is 2.06. The molecule has 0 saturated heterocycles. The van der Waals surface area contributed by atoms with Crippen LogP contribution in [-0.2, 0) is 5.75 Å². The van der Waals surface area contributed by atoms with Crippen LogP contribution >= 0.6 is 23.1 Å². The van der Waals surface area contributed by atoms with E-state index in [-0.39, 0.29) is 5.56 Å². The van der Waals surface area contributed by atoms with Crippen molar-refractivity contribution in [3.8, 4) is 10.6 Å². The molecule has 0 amide bonds. The maximum atomic E-state index is 13.8. The molecule has 0 aliphatic heterocycles. The van der Waals surface area contributed by atoms with Crippen molar-refractivity contribution in [3.63, 3.8) is 0 Å². The smallest absolute Gasteiger partial charge is 0.136 e. The molecular formula is C17H13F2NS2. The Hall–Kier alpha value is -1.72. The van der Waals surface area contributed by atoms with E-state index in [1.54, 1.807) is 11.8 Å². The number of benzene rings is 2. The van der Waals surface area contributed by atoms with Gasteiger partial charge in [-0.25, -0.2) is 13.8 Å². The molecule has 0 N–H and O–H groups in total. The molecule has 0 radical (unpaired) electrons. The highest BCUT2D eigenvalue weighted by Gasteiger charge is 2.14. The summed E-state index contributed by atoms with van der Waals surface area (Å²) in [5, 5.41) is 2.24. The lowest BCUT2D eigenvalue weighted by atomic mass is 10.2. The van der Waals surface area contributed by atoms with Gasteiger partial charge in [0.15, 0.2) is 0 Å². The zero-order valence-electron chi connectivity index (χ0n) is 11.8. The van der Waals surface area contributed by atoms with Crippen LogP contribution in [0, 0.1) is 18.6 Å². The molecule has 0 saturated carbocycles. The molecule has 0 aliphatic rings. The fourth-order valence-corrected chi connectivity index (χ4v) is 3.95. The van der Waals surface area contributed by atoms with Crippen LogP contribution in [0.3, 0.4) is 0 Å². The molecular weight excluding hydrogens is 320 g/mol. The average molecular weight is 333 g/mol. The second-order valence-corrected chi connectivity index (χ2v) is 6.67. The first-order chi connectivity index (χ1) is 10.6. The van der Waals surface area contributed by atoms with Gasteiger partial charge in [0.25, 0.3) is 0 Å². The normalized spacial score (nSPS) is 10.9. The minimum atomic E-state index is -0.576. The molecule has 0 bridgehead atoms. The van der Waals surface area contributed by atoms with Crippen LogP contribution in [0.2, 0.25) is 0 Å². The third kappa shape index (κ3) is 3.20. The van der Waals surface area contributed by atoms with Crippen molar-refractivity contribution < 1.29 is 8.78 Å². The highest BCUT2D eigenvalue weighted by Crippen LogP contribution is 2.31. The number of halogens is 2. The summed E-state index contributed by atoms with van der Waals surface area (Å²) in [5.74, 6) is -0.475. The molecule has 0 atom stereocenters. The first-order valence-electron chi connectivity index (χ1n) is 6.72. The molecule has 2 aromatic carbocycles. The average Bonchev–Trinajstić information content (AvgIpc) is 2.95. The number of thioether (sulfide) groups is 1. The summed E-state index contributed by atoms with van der Waals surface area (Å²) in [6.07, 6.45) is 0. The van der Waals surface area contributed by atoms with E-state index in [0.29, 0.717) is 10.8 Å². The summed E-state index contributed by atoms with van der Waals surface area (Å²) in [6, 6.07) is 12.0. The molecule has 1 heterocycles. The number of hydrogen-bond acceptors (Lipinski definition) is 3. The molecule has 0 spiro atoms. The predicted molar refractivity (Wildman–Crippen MR) is 88.2 cm³/mol. The zero-order chi connectivity index (χ0) is 15.5. The summed E-state index contributed by atoms with van der Waals surface area (Å²) in [5.41, 5.74) is 2.00. The quantitative estimate of drug-likeness (QED) is 0.569. The standard InChI is InChI=1S/C17H13F2NS2/c1-11-5-2-3-8-15(11)21-9-12-10-22-17(20-12)16-13(18)6-4-7-14(16)19/h2-8,10H,9H2,1H3. The van der Waals surface area contributed by atoms with Crippen molar-refractivity contribution >= 4 is 23.1 Å². The predicted octanol–water partition coefficient (Wildman–Crippen LogP) is 5.69. The van der Waals surface area contributed by atoms with Crippen LogP contribution in [0.25, 0.3) is 10.6 Å². The van der Waals surface area contributed by atoms with Crippen LogP contribution in [0.15, 0.2) is 52.7 Å². The Kier molecular flexibility index (Phi) is 4.55.